The zero-order valence-corrected chi connectivity index (χ0v) is 22.7. The minimum absolute atomic E-state index is 0.380. The molecule has 7 nitrogen and oxygen atoms in total. The second kappa shape index (κ2) is 13.8. The second-order valence-corrected chi connectivity index (χ2v) is 8.76. The van der Waals surface area contributed by atoms with E-state index in [0.29, 0.717) is 18.1 Å². The summed E-state index contributed by atoms with van der Waals surface area (Å²) in [4.78, 5) is 12.8. The number of aliphatic imine (C=N–C) groups is 1. The number of hydrogen-bond acceptors (Lipinski definition) is 5. The number of rotatable bonds is 10. The molecular formula is C32H35N5O2. The molecule has 0 saturated heterocycles. The number of imidazole rings is 1. The molecule has 5 rings (SSSR count). The lowest BCUT2D eigenvalue weighted by Crippen LogP contribution is -2.14. The minimum atomic E-state index is 0.380. The van der Waals surface area contributed by atoms with E-state index in [-0.39, 0.29) is 0 Å². The summed E-state index contributed by atoms with van der Waals surface area (Å²) < 4.78 is 14.3. The van der Waals surface area contributed by atoms with E-state index in [4.69, 9.17) is 14.9 Å². The maximum Gasteiger partial charge on any atom is 0.150 e. The molecule has 3 heterocycles. The van der Waals surface area contributed by atoms with E-state index in [9.17, 15) is 0 Å². The summed E-state index contributed by atoms with van der Waals surface area (Å²) in [6.45, 7) is 7.70. The Morgan fingerprint density at radius 3 is 2.38 bits per heavy atom. The minimum Gasteiger partial charge on any atom is -0.493 e. The number of ether oxygens (including phenoxy) is 1. The lowest BCUT2D eigenvalue weighted by molar-refractivity contribution is 0.301. The van der Waals surface area contributed by atoms with Gasteiger partial charge in [0.25, 0.3) is 0 Å². The highest BCUT2D eigenvalue weighted by Gasteiger charge is 2.10. The number of aryl methyl sites for hydroxylation is 2. The van der Waals surface area contributed by atoms with Gasteiger partial charge in [-0.05, 0) is 92.1 Å². The predicted octanol–water partition coefficient (Wildman–Crippen LogP) is 7.44. The van der Waals surface area contributed by atoms with Crippen LogP contribution >= 0.6 is 0 Å². The van der Waals surface area contributed by atoms with Crippen LogP contribution in [0.3, 0.4) is 0 Å². The molecule has 0 fully saturated rings. The van der Waals surface area contributed by atoms with Crippen LogP contribution in [0.5, 0.6) is 5.75 Å². The second-order valence-electron chi connectivity index (χ2n) is 8.76. The van der Waals surface area contributed by atoms with Gasteiger partial charge in [-0.25, -0.2) is 9.98 Å². The van der Waals surface area contributed by atoms with Crippen molar-refractivity contribution >= 4 is 11.5 Å². The Morgan fingerprint density at radius 2 is 1.69 bits per heavy atom. The normalized spacial score (nSPS) is 11.1. The largest absolute Gasteiger partial charge is 0.493 e. The number of nitrogens with zero attached hydrogens (tertiary/aromatic N) is 4. The van der Waals surface area contributed by atoms with E-state index >= 15 is 0 Å². The molecular weight excluding hydrogens is 486 g/mol. The van der Waals surface area contributed by atoms with Crippen LogP contribution in [0.25, 0.3) is 22.6 Å². The first-order valence-corrected chi connectivity index (χ1v) is 13.3. The summed E-state index contributed by atoms with van der Waals surface area (Å²) in [6, 6.07) is 23.5. The summed E-state index contributed by atoms with van der Waals surface area (Å²) in [5.41, 5.74) is 10.6. The fraction of sp³-hybridized carbons (Fsp3) is 0.219. The molecule has 0 amide bonds. The molecule has 0 spiro atoms. The van der Waals surface area contributed by atoms with Crippen LogP contribution in [0.4, 0.5) is 5.69 Å². The third kappa shape index (κ3) is 7.45. The van der Waals surface area contributed by atoms with E-state index in [1.807, 2.05) is 93.1 Å². The van der Waals surface area contributed by atoms with Crippen LogP contribution in [-0.2, 0) is 6.54 Å². The van der Waals surface area contributed by atoms with Crippen LogP contribution < -0.4 is 10.5 Å². The van der Waals surface area contributed by atoms with Crippen molar-refractivity contribution in [3.05, 3.63) is 109 Å². The number of nitrogens with two attached hydrogens (primary N) is 1. The van der Waals surface area contributed by atoms with Crippen LogP contribution in [0.2, 0.25) is 0 Å². The van der Waals surface area contributed by atoms with Crippen LogP contribution in [0.15, 0.2) is 107 Å². The first-order valence-electron chi connectivity index (χ1n) is 13.3. The molecule has 3 aromatic heterocycles. The average molecular weight is 522 g/mol. The Morgan fingerprint density at radius 1 is 0.923 bits per heavy atom. The molecule has 2 aromatic carbocycles. The van der Waals surface area contributed by atoms with Crippen molar-refractivity contribution in [1.29, 1.82) is 0 Å². The zero-order chi connectivity index (χ0) is 27.5. The molecule has 2 N–H and O–H groups in total. The fourth-order valence-electron chi connectivity index (χ4n) is 4.02. The van der Waals surface area contributed by atoms with Crippen LogP contribution in [0, 0.1) is 6.92 Å². The predicted molar refractivity (Wildman–Crippen MR) is 157 cm³/mol. The van der Waals surface area contributed by atoms with Crippen molar-refractivity contribution in [2.24, 2.45) is 10.7 Å². The zero-order valence-electron chi connectivity index (χ0n) is 22.7. The summed E-state index contributed by atoms with van der Waals surface area (Å²) in [6.07, 6.45) is 9.36. The quantitative estimate of drug-likeness (QED) is 0.117. The SMILES string of the molecule is CC.Cc1cc(-c2ccc(-c3ccc(N=C(N)c4ccccn4)cc3)o2)ccc1OCCCCn1ccnc1. The number of unbranched alkanes of at least 4 members (excludes halogenated alkanes) is 1. The molecule has 7 heteroatoms. The number of benzene rings is 2. The summed E-state index contributed by atoms with van der Waals surface area (Å²) in [7, 11) is 0. The highest BCUT2D eigenvalue weighted by Crippen LogP contribution is 2.32. The molecule has 200 valence electrons. The van der Waals surface area contributed by atoms with Gasteiger partial charge >= 0.3 is 0 Å². The number of amidine groups is 1. The van der Waals surface area contributed by atoms with Gasteiger partial charge in [0.1, 0.15) is 28.8 Å². The molecule has 0 radical (unpaired) electrons. The molecule has 0 unspecified atom stereocenters. The van der Waals surface area contributed by atoms with Gasteiger partial charge in [-0.15, -0.1) is 0 Å². The maximum absolute atomic E-state index is 6.17. The van der Waals surface area contributed by atoms with E-state index in [2.05, 4.69) is 32.5 Å². The number of hydrogen-bond donors (Lipinski definition) is 1. The van der Waals surface area contributed by atoms with E-state index < -0.39 is 0 Å². The number of pyridine rings is 1. The van der Waals surface area contributed by atoms with Crippen LogP contribution in [-0.4, -0.2) is 27.0 Å². The Bertz CT molecular complexity index is 1460. The monoisotopic (exact) mass is 521 g/mol. The van der Waals surface area contributed by atoms with Gasteiger partial charge in [-0.1, -0.05) is 19.9 Å². The lowest BCUT2D eigenvalue weighted by Gasteiger charge is -2.10. The first kappa shape index (κ1) is 27.4. The Labute approximate surface area is 230 Å². The third-order valence-corrected chi connectivity index (χ3v) is 6.02. The summed E-state index contributed by atoms with van der Waals surface area (Å²) in [5, 5.41) is 0. The van der Waals surface area contributed by atoms with Gasteiger partial charge < -0.3 is 19.5 Å². The molecule has 0 saturated carbocycles. The number of aromatic nitrogens is 3. The number of furan rings is 1. The smallest absolute Gasteiger partial charge is 0.150 e. The third-order valence-electron chi connectivity index (χ3n) is 6.02. The van der Waals surface area contributed by atoms with Crippen molar-refractivity contribution < 1.29 is 9.15 Å². The van der Waals surface area contributed by atoms with Gasteiger partial charge in [0.15, 0.2) is 0 Å². The van der Waals surface area contributed by atoms with Gasteiger partial charge in [-0.2, -0.15) is 0 Å². The fourth-order valence-corrected chi connectivity index (χ4v) is 4.02. The molecule has 5 aromatic rings. The first-order chi connectivity index (χ1) is 19.2. The van der Waals surface area contributed by atoms with Gasteiger partial charge in [0.2, 0.25) is 0 Å². The van der Waals surface area contributed by atoms with Crippen molar-refractivity contribution in [1.82, 2.24) is 14.5 Å². The highest BCUT2D eigenvalue weighted by atomic mass is 16.5. The maximum atomic E-state index is 6.17. The van der Waals surface area contributed by atoms with Gasteiger partial charge in [-0.3, -0.25) is 4.98 Å². The summed E-state index contributed by atoms with van der Waals surface area (Å²) in [5.74, 6) is 2.88. The molecule has 0 aliphatic heterocycles. The van der Waals surface area contributed by atoms with Crippen LogP contribution in [0.1, 0.15) is 37.9 Å². The Hall–Kier alpha value is -4.65. The van der Waals surface area contributed by atoms with Gasteiger partial charge in [0, 0.05) is 36.3 Å². The molecule has 0 bridgehead atoms. The standard InChI is InChI=1S/C30H29N5O2.C2H6/c1-22-20-24(9-12-27(22)36-19-5-4-17-35-18-16-32-21-35)29-14-13-28(37-29)23-7-10-25(11-8-23)34-30(31)26-6-2-3-15-33-26;1-2/h2-3,6-16,18,20-21H,4-5,17,19H2,1H3,(H2,31,34);1-2H3. The van der Waals surface area contributed by atoms with Crippen molar-refractivity contribution in [3.63, 3.8) is 0 Å². The van der Waals surface area contributed by atoms with Crippen molar-refractivity contribution in [2.45, 2.75) is 40.2 Å². The molecule has 0 aliphatic carbocycles. The molecule has 39 heavy (non-hydrogen) atoms. The average Bonchev–Trinajstić information content (AvgIpc) is 3.69. The Balaban J connectivity index is 0.00000172. The van der Waals surface area contributed by atoms with Crippen molar-refractivity contribution in [3.8, 4) is 28.4 Å². The summed E-state index contributed by atoms with van der Waals surface area (Å²) >= 11 is 0. The Kier molecular flexibility index (Phi) is 9.67. The lowest BCUT2D eigenvalue weighted by atomic mass is 10.1. The topological polar surface area (TPSA) is 91.5 Å². The van der Waals surface area contributed by atoms with E-state index in [1.54, 1.807) is 12.4 Å². The van der Waals surface area contributed by atoms with E-state index in [0.717, 1.165) is 59.0 Å². The van der Waals surface area contributed by atoms with Gasteiger partial charge in [0.05, 0.1) is 18.6 Å². The molecule has 0 aliphatic rings. The molecule has 0 atom stereocenters. The highest BCUT2D eigenvalue weighted by molar-refractivity contribution is 5.97. The van der Waals surface area contributed by atoms with Crippen molar-refractivity contribution in [2.75, 3.05) is 6.61 Å². The van der Waals surface area contributed by atoms with E-state index in [1.165, 1.54) is 0 Å².